The van der Waals surface area contributed by atoms with Crippen molar-refractivity contribution in [2.24, 2.45) is 0 Å². The van der Waals surface area contributed by atoms with Gasteiger partial charge in [-0.3, -0.25) is 4.79 Å². The molecule has 0 saturated carbocycles. The first-order valence-corrected chi connectivity index (χ1v) is 6.38. The van der Waals surface area contributed by atoms with Crippen molar-refractivity contribution in [3.8, 4) is 0 Å². The van der Waals surface area contributed by atoms with E-state index in [4.69, 9.17) is 4.74 Å². The van der Waals surface area contributed by atoms with Crippen molar-refractivity contribution < 1.29 is 9.53 Å². The molecule has 0 fully saturated rings. The number of alkyl halides is 1. The summed E-state index contributed by atoms with van der Waals surface area (Å²) in [6.45, 7) is 3.84. The summed E-state index contributed by atoms with van der Waals surface area (Å²) < 4.78 is 6.14. The van der Waals surface area contributed by atoms with Crippen LogP contribution in [0, 0.1) is 0 Å². The molecule has 0 heterocycles. The average Bonchev–Trinajstić information content (AvgIpc) is 2.18. The van der Waals surface area contributed by atoms with Gasteiger partial charge in [0, 0.05) is 4.43 Å². The number of carbonyl (C=O) groups is 1. The molecule has 1 rings (SSSR count). The third-order valence-corrected chi connectivity index (χ3v) is 3.74. The van der Waals surface area contributed by atoms with E-state index in [1.807, 2.05) is 44.2 Å². The van der Waals surface area contributed by atoms with Gasteiger partial charge in [0.1, 0.15) is 5.60 Å². The van der Waals surface area contributed by atoms with Crippen LogP contribution in [-0.4, -0.2) is 16.0 Å². The smallest absolute Gasteiger partial charge is 0.310 e. The zero-order valence-corrected chi connectivity index (χ0v) is 11.2. The lowest BCUT2D eigenvalue weighted by molar-refractivity contribution is -0.153. The maximum absolute atomic E-state index is 11.6. The van der Waals surface area contributed by atoms with Gasteiger partial charge in [0.15, 0.2) is 0 Å². The highest BCUT2D eigenvalue weighted by atomic mass is 127. The Bertz CT molecular complexity index is 320. The van der Waals surface area contributed by atoms with Crippen LogP contribution in [0.15, 0.2) is 30.3 Å². The van der Waals surface area contributed by atoms with Gasteiger partial charge < -0.3 is 4.74 Å². The van der Waals surface area contributed by atoms with Crippen LogP contribution in [0.1, 0.15) is 19.4 Å². The summed E-state index contributed by atoms with van der Waals surface area (Å²) in [5, 5.41) is 0. The van der Waals surface area contributed by atoms with Crippen molar-refractivity contribution >= 4 is 28.6 Å². The van der Waals surface area contributed by atoms with E-state index in [-0.39, 0.29) is 11.6 Å². The summed E-state index contributed by atoms with van der Waals surface area (Å²) in [6.07, 6.45) is 0.348. The molecule has 0 aliphatic heterocycles. The van der Waals surface area contributed by atoms with Gasteiger partial charge in [0.2, 0.25) is 0 Å². The van der Waals surface area contributed by atoms with E-state index in [0.29, 0.717) is 6.42 Å². The van der Waals surface area contributed by atoms with Gasteiger partial charge in [-0.25, -0.2) is 0 Å². The van der Waals surface area contributed by atoms with Crippen LogP contribution in [0.25, 0.3) is 0 Å². The number of rotatable bonds is 4. The second kappa shape index (κ2) is 5.49. The Morgan fingerprint density at radius 1 is 1.33 bits per heavy atom. The monoisotopic (exact) mass is 318 g/mol. The Morgan fingerprint density at radius 2 is 1.93 bits per heavy atom. The lowest BCUT2D eigenvalue weighted by Gasteiger charge is -2.22. The summed E-state index contributed by atoms with van der Waals surface area (Å²) in [7, 11) is 0. The molecule has 1 aromatic rings. The molecule has 0 spiro atoms. The van der Waals surface area contributed by atoms with Gasteiger partial charge in [0.25, 0.3) is 0 Å². The fraction of sp³-hybridized carbons (Fsp3) is 0.417. The summed E-state index contributed by atoms with van der Waals surface area (Å²) >= 11 is 2.22. The SMILES string of the molecule is CC(C)(CI)OC(=O)Cc1ccccc1. The van der Waals surface area contributed by atoms with E-state index in [2.05, 4.69) is 22.6 Å². The fourth-order valence-corrected chi connectivity index (χ4v) is 1.29. The average molecular weight is 318 g/mol. The lowest BCUT2D eigenvalue weighted by Crippen LogP contribution is -2.30. The minimum absolute atomic E-state index is 0.164. The van der Waals surface area contributed by atoms with Crippen LogP contribution in [-0.2, 0) is 16.0 Å². The van der Waals surface area contributed by atoms with Crippen molar-refractivity contribution in [2.75, 3.05) is 4.43 Å². The first-order valence-electron chi connectivity index (χ1n) is 4.85. The molecule has 1 aromatic carbocycles. The Labute approximate surface area is 104 Å². The largest absolute Gasteiger partial charge is 0.459 e. The molecule has 0 radical (unpaired) electrons. The third kappa shape index (κ3) is 4.64. The van der Waals surface area contributed by atoms with Gasteiger partial charge in [-0.15, -0.1) is 0 Å². The zero-order valence-electron chi connectivity index (χ0n) is 9.00. The minimum atomic E-state index is -0.369. The van der Waals surface area contributed by atoms with E-state index in [9.17, 15) is 4.79 Å². The number of ether oxygens (including phenoxy) is 1. The van der Waals surface area contributed by atoms with E-state index in [1.165, 1.54) is 0 Å². The molecule has 0 atom stereocenters. The molecular weight excluding hydrogens is 303 g/mol. The first kappa shape index (κ1) is 12.5. The number of benzene rings is 1. The highest BCUT2D eigenvalue weighted by Crippen LogP contribution is 2.14. The van der Waals surface area contributed by atoms with Gasteiger partial charge in [-0.1, -0.05) is 52.9 Å². The maximum atomic E-state index is 11.6. The highest BCUT2D eigenvalue weighted by Gasteiger charge is 2.20. The van der Waals surface area contributed by atoms with Crippen LogP contribution in [0.4, 0.5) is 0 Å². The van der Waals surface area contributed by atoms with Crippen LogP contribution < -0.4 is 0 Å². The van der Waals surface area contributed by atoms with Crippen molar-refractivity contribution in [3.63, 3.8) is 0 Å². The zero-order chi connectivity index (χ0) is 11.3. The molecule has 3 heteroatoms. The van der Waals surface area contributed by atoms with Gasteiger partial charge in [-0.2, -0.15) is 0 Å². The van der Waals surface area contributed by atoms with Crippen LogP contribution >= 0.6 is 22.6 Å². The molecular formula is C12H15IO2. The quantitative estimate of drug-likeness (QED) is 0.485. The minimum Gasteiger partial charge on any atom is -0.459 e. The predicted octanol–water partition coefficient (Wildman–Crippen LogP) is 2.99. The summed E-state index contributed by atoms with van der Waals surface area (Å²) in [5.41, 5.74) is 0.624. The third-order valence-electron chi connectivity index (χ3n) is 1.90. The molecule has 0 unspecified atom stereocenters. The molecule has 2 nitrogen and oxygen atoms in total. The highest BCUT2D eigenvalue weighted by molar-refractivity contribution is 14.1. The normalized spacial score (nSPS) is 11.1. The number of carbonyl (C=O) groups excluding carboxylic acids is 1. The fourth-order valence-electron chi connectivity index (χ4n) is 1.13. The summed E-state index contributed by atoms with van der Waals surface area (Å²) in [5.74, 6) is -0.164. The molecule has 0 amide bonds. The first-order chi connectivity index (χ1) is 7.03. The van der Waals surface area contributed by atoms with E-state index in [1.54, 1.807) is 0 Å². The molecule has 0 aliphatic carbocycles. The van der Waals surface area contributed by atoms with Crippen molar-refractivity contribution in [1.29, 1.82) is 0 Å². The molecule has 0 N–H and O–H groups in total. The van der Waals surface area contributed by atoms with Crippen molar-refractivity contribution in [2.45, 2.75) is 25.9 Å². The second-order valence-corrected chi connectivity index (χ2v) is 4.79. The maximum Gasteiger partial charge on any atom is 0.310 e. The number of hydrogen-bond donors (Lipinski definition) is 0. The molecule has 0 aromatic heterocycles. The summed E-state index contributed by atoms with van der Waals surface area (Å²) in [4.78, 5) is 11.6. The predicted molar refractivity (Wildman–Crippen MR) is 69.2 cm³/mol. The number of esters is 1. The van der Waals surface area contributed by atoms with Crippen LogP contribution in [0.3, 0.4) is 0 Å². The number of hydrogen-bond acceptors (Lipinski definition) is 2. The standard InChI is InChI=1S/C12H15IO2/c1-12(2,9-13)15-11(14)8-10-6-4-3-5-7-10/h3-7H,8-9H2,1-2H3. The topological polar surface area (TPSA) is 26.3 Å². The Hall–Kier alpha value is -0.580. The van der Waals surface area contributed by atoms with Gasteiger partial charge in [0.05, 0.1) is 6.42 Å². The molecule has 0 bridgehead atoms. The Morgan fingerprint density at radius 3 is 2.47 bits per heavy atom. The molecule has 15 heavy (non-hydrogen) atoms. The van der Waals surface area contributed by atoms with Gasteiger partial charge >= 0.3 is 5.97 Å². The Kier molecular flexibility index (Phi) is 4.57. The van der Waals surface area contributed by atoms with Crippen LogP contribution in [0.2, 0.25) is 0 Å². The second-order valence-electron chi connectivity index (χ2n) is 4.03. The Balaban J connectivity index is 2.51. The van der Waals surface area contributed by atoms with Crippen LogP contribution in [0.5, 0.6) is 0 Å². The van der Waals surface area contributed by atoms with E-state index < -0.39 is 0 Å². The van der Waals surface area contributed by atoms with Crippen molar-refractivity contribution in [3.05, 3.63) is 35.9 Å². The number of halogens is 1. The molecule has 82 valence electrons. The lowest BCUT2D eigenvalue weighted by atomic mass is 10.1. The van der Waals surface area contributed by atoms with E-state index >= 15 is 0 Å². The molecule has 0 aliphatic rings. The van der Waals surface area contributed by atoms with E-state index in [0.717, 1.165) is 9.99 Å². The van der Waals surface area contributed by atoms with Crippen molar-refractivity contribution in [1.82, 2.24) is 0 Å². The van der Waals surface area contributed by atoms with Gasteiger partial charge in [-0.05, 0) is 19.4 Å². The summed E-state index contributed by atoms with van der Waals surface area (Å²) in [6, 6.07) is 9.64. The molecule has 0 saturated heterocycles.